The van der Waals surface area contributed by atoms with Crippen molar-refractivity contribution in [3.05, 3.63) is 35.9 Å². The predicted octanol–water partition coefficient (Wildman–Crippen LogP) is 1.43. The van der Waals surface area contributed by atoms with Crippen molar-refractivity contribution in [1.29, 1.82) is 0 Å². The highest BCUT2D eigenvalue weighted by Crippen LogP contribution is 2.52. The number of hydrogen-bond acceptors (Lipinski definition) is 2. The normalized spacial score (nSPS) is 21.1. The Morgan fingerprint density at radius 1 is 1.23 bits per heavy atom. The molecule has 1 unspecified atom stereocenters. The van der Waals surface area contributed by atoms with E-state index in [4.69, 9.17) is 11.5 Å². The molecule has 0 amide bonds. The van der Waals surface area contributed by atoms with E-state index in [0.717, 1.165) is 0 Å². The third-order valence-electron chi connectivity index (χ3n) is 3.12. The lowest BCUT2D eigenvalue weighted by atomic mass is 9.91. The number of rotatable bonds is 3. The Kier molecular flexibility index (Phi) is 2.10. The average Bonchev–Trinajstić information content (AvgIpc) is 2.99. The van der Waals surface area contributed by atoms with Crippen LogP contribution >= 0.6 is 0 Å². The van der Waals surface area contributed by atoms with E-state index in [1.807, 2.05) is 18.2 Å². The lowest BCUT2D eigenvalue weighted by Gasteiger charge is -2.21. The molecule has 0 aromatic heterocycles. The monoisotopic (exact) mass is 176 g/mol. The molecular formula is C11H16N2. The van der Waals surface area contributed by atoms with Crippen LogP contribution < -0.4 is 11.5 Å². The highest BCUT2D eigenvalue weighted by Gasteiger charge is 2.46. The highest BCUT2D eigenvalue weighted by molar-refractivity contribution is 5.23. The van der Waals surface area contributed by atoms with E-state index < -0.39 is 0 Å². The van der Waals surface area contributed by atoms with E-state index in [9.17, 15) is 0 Å². The van der Waals surface area contributed by atoms with Crippen molar-refractivity contribution >= 4 is 0 Å². The van der Waals surface area contributed by atoms with Crippen LogP contribution in [0, 0.1) is 5.41 Å². The fourth-order valence-electron chi connectivity index (χ4n) is 1.82. The summed E-state index contributed by atoms with van der Waals surface area (Å²) in [6.07, 6.45) is 2.36. The van der Waals surface area contributed by atoms with Crippen molar-refractivity contribution < 1.29 is 0 Å². The van der Waals surface area contributed by atoms with Gasteiger partial charge in [0.1, 0.15) is 0 Å². The Balaban J connectivity index is 2.18. The lowest BCUT2D eigenvalue weighted by Crippen LogP contribution is -2.29. The minimum Gasteiger partial charge on any atom is -0.330 e. The molecule has 1 fully saturated rings. The van der Waals surface area contributed by atoms with Gasteiger partial charge in [0.2, 0.25) is 0 Å². The maximum Gasteiger partial charge on any atom is 0.0364 e. The highest BCUT2D eigenvalue weighted by atomic mass is 14.8. The summed E-state index contributed by atoms with van der Waals surface area (Å²) < 4.78 is 0. The second kappa shape index (κ2) is 3.13. The van der Waals surface area contributed by atoms with E-state index >= 15 is 0 Å². The van der Waals surface area contributed by atoms with Crippen molar-refractivity contribution in [3.8, 4) is 0 Å². The first kappa shape index (κ1) is 8.73. The average molecular weight is 176 g/mol. The molecule has 1 saturated carbocycles. The zero-order valence-electron chi connectivity index (χ0n) is 7.74. The second-order valence-electron chi connectivity index (χ2n) is 3.95. The molecule has 70 valence electrons. The minimum atomic E-state index is 0.124. The van der Waals surface area contributed by atoms with Crippen LogP contribution in [-0.2, 0) is 0 Å². The van der Waals surface area contributed by atoms with E-state index in [2.05, 4.69) is 12.1 Å². The van der Waals surface area contributed by atoms with Gasteiger partial charge >= 0.3 is 0 Å². The smallest absolute Gasteiger partial charge is 0.0364 e. The zero-order chi connectivity index (χ0) is 9.31. The van der Waals surface area contributed by atoms with Crippen LogP contribution in [0.25, 0.3) is 0 Å². The molecule has 2 nitrogen and oxygen atoms in total. The molecule has 0 heterocycles. The van der Waals surface area contributed by atoms with Crippen LogP contribution in [0.5, 0.6) is 0 Å². The van der Waals surface area contributed by atoms with Gasteiger partial charge in [0.15, 0.2) is 0 Å². The molecular weight excluding hydrogens is 160 g/mol. The third-order valence-corrected chi connectivity index (χ3v) is 3.12. The summed E-state index contributed by atoms with van der Waals surface area (Å²) in [5.74, 6) is 0. The van der Waals surface area contributed by atoms with Crippen LogP contribution in [0.2, 0.25) is 0 Å². The maximum absolute atomic E-state index is 6.17. The summed E-state index contributed by atoms with van der Waals surface area (Å²) in [4.78, 5) is 0. The molecule has 1 aliphatic carbocycles. The van der Waals surface area contributed by atoms with E-state index in [1.165, 1.54) is 18.4 Å². The molecule has 1 aliphatic rings. The van der Waals surface area contributed by atoms with Gasteiger partial charge in [-0.3, -0.25) is 0 Å². The molecule has 4 N–H and O–H groups in total. The van der Waals surface area contributed by atoms with Gasteiger partial charge in [-0.2, -0.15) is 0 Å². The van der Waals surface area contributed by atoms with Gasteiger partial charge in [-0.25, -0.2) is 0 Å². The van der Waals surface area contributed by atoms with E-state index in [-0.39, 0.29) is 11.5 Å². The molecule has 0 bridgehead atoms. The molecule has 0 saturated heterocycles. The standard InChI is InChI=1S/C11H16N2/c12-8-11(6-7-11)10(13)9-4-2-1-3-5-9/h1-5,10H,6-8,12-13H2. The topological polar surface area (TPSA) is 52.0 Å². The molecule has 1 aromatic carbocycles. The lowest BCUT2D eigenvalue weighted by molar-refractivity contribution is 0.419. The quantitative estimate of drug-likeness (QED) is 0.732. The SMILES string of the molecule is NCC1(C(N)c2ccccc2)CC1. The first-order valence-corrected chi connectivity index (χ1v) is 4.79. The molecule has 13 heavy (non-hydrogen) atoms. The molecule has 2 rings (SSSR count). The summed E-state index contributed by atoms with van der Waals surface area (Å²) in [5.41, 5.74) is 13.3. The summed E-state index contributed by atoms with van der Waals surface area (Å²) >= 11 is 0. The Morgan fingerprint density at radius 2 is 1.85 bits per heavy atom. The zero-order valence-corrected chi connectivity index (χ0v) is 7.74. The fraction of sp³-hybridized carbons (Fsp3) is 0.455. The second-order valence-corrected chi connectivity index (χ2v) is 3.95. The summed E-state index contributed by atoms with van der Waals surface area (Å²) in [5, 5.41) is 0. The Morgan fingerprint density at radius 3 is 2.31 bits per heavy atom. The van der Waals surface area contributed by atoms with Crippen LogP contribution in [0.15, 0.2) is 30.3 Å². The van der Waals surface area contributed by atoms with Gasteiger partial charge in [-0.05, 0) is 24.9 Å². The van der Waals surface area contributed by atoms with Gasteiger partial charge in [0.25, 0.3) is 0 Å². The number of nitrogens with two attached hydrogens (primary N) is 2. The van der Waals surface area contributed by atoms with Crippen molar-refractivity contribution in [2.45, 2.75) is 18.9 Å². The van der Waals surface area contributed by atoms with Gasteiger partial charge in [-0.15, -0.1) is 0 Å². The van der Waals surface area contributed by atoms with Crippen LogP contribution in [-0.4, -0.2) is 6.54 Å². The van der Waals surface area contributed by atoms with E-state index in [1.54, 1.807) is 0 Å². The van der Waals surface area contributed by atoms with Crippen LogP contribution in [0.1, 0.15) is 24.4 Å². The van der Waals surface area contributed by atoms with Gasteiger partial charge in [0, 0.05) is 11.5 Å². The maximum atomic E-state index is 6.17. The van der Waals surface area contributed by atoms with Crippen molar-refractivity contribution in [1.82, 2.24) is 0 Å². The minimum absolute atomic E-state index is 0.124. The third kappa shape index (κ3) is 1.47. The van der Waals surface area contributed by atoms with Crippen LogP contribution in [0.4, 0.5) is 0 Å². The molecule has 0 aliphatic heterocycles. The van der Waals surface area contributed by atoms with Crippen molar-refractivity contribution in [2.24, 2.45) is 16.9 Å². The number of benzene rings is 1. The number of hydrogen-bond donors (Lipinski definition) is 2. The summed E-state index contributed by atoms with van der Waals surface area (Å²) in [7, 11) is 0. The summed E-state index contributed by atoms with van der Waals surface area (Å²) in [6.45, 7) is 0.711. The molecule has 0 radical (unpaired) electrons. The summed E-state index contributed by atoms with van der Waals surface area (Å²) in [6, 6.07) is 10.4. The van der Waals surface area contributed by atoms with Gasteiger partial charge in [-0.1, -0.05) is 30.3 Å². The van der Waals surface area contributed by atoms with Crippen molar-refractivity contribution in [3.63, 3.8) is 0 Å². The molecule has 0 spiro atoms. The van der Waals surface area contributed by atoms with E-state index in [0.29, 0.717) is 6.54 Å². The Labute approximate surface area is 78.9 Å². The first-order valence-electron chi connectivity index (χ1n) is 4.79. The predicted molar refractivity (Wildman–Crippen MR) is 54.1 cm³/mol. The van der Waals surface area contributed by atoms with Gasteiger partial charge in [0.05, 0.1) is 0 Å². The molecule has 1 atom stereocenters. The Hall–Kier alpha value is -0.860. The molecule has 1 aromatic rings. The Bertz CT molecular complexity index is 277. The van der Waals surface area contributed by atoms with Crippen LogP contribution in [0.3, 0.4) is 0 Å². The first-order chi connectivity index (χ1) is 6.28. The van der Waals surface area contributed by atoms with Crippen molar-refractivity contribution in [2.75, 3.05) is 6.54 Å². The largest absolute Gasteiger partial charge is 0.330 e. The molecule has 2 heteroatoms. The fourth-order valence-corrected chi connectivity index (χ4v) is 1.82. The van der Waals surface area contributed by atoms with Gasteiger partial charge < -0.3 is 11.5 Å².